The Morgan fingerprint density at radius 3 is 2.31 bits per heavy atom. The summed E-state index contributed by atoms with van der Waals surface area (Å²) in [5.41, 5.74) is 0.791. The maximum absolute atomic E-state index is 13.0. The maximum Gasteiger partial charge on any atom is 0.338 e. The van der Waals surface area contributed by atoms with E-state index in [0.717, 1.165) is 0 Å². The average Bonchev–Trinajstić information content (AvgIpc) is 2.63. The molecule has 0 aliphatic carbocycles. The van der Waals surface area contributed by atoms with Crippen molar-refractivity contribution < 1.29 is 22.3 Å². The van der Waals surface area contributed by atoms with E-state index in [1.54, 1.807) is 20.8 Å². The smallest absolute Gasteiger partial charge is 0.338 e. The van der Waals surface area contributed by atoms with Crippen molar-refractivity contribution in [2.24, 2.45) is 0 Å². The first kappa shape index (κ1) is 20.1. The van der Waals surface area contributed by atoms with Crippen LogP contribution in [0.25, 0.3) is 0 Å². The lowest BCUT2D eigenvalue weighted by Gasteiger charge is -2.19. The van der Waals surface area contributed by atoms with Crippen molar-refractivity contribution in [2.75, 3.05) is 13.1 Å². The zero-order chi connectivity index (χ0) is 19.3. The second-order valence-corrected chi connectivity index (χ2v) is 7.65. The molecule has 7 heteroatoms. The van der Waals surface area contributed by atoms with Crippen molar-refractivity contribution in [3.63, 3.8) is 0 Å². The van der Waals surface area contributed by atoms with Crippen LogP contribution >= 0.6 is 0 Å². The van der Waals surface area contributed by atoms with Crippen LogP contribution in [0, 0.1) is 5.82 Å². The summed E-state index contributed by atoms with van der Waals surface area (Å²) >= 11 is 0. The molecule has 140 valence electrons. The zero-order valence-electron chi connectivity index (χ0n) is 15.0. The molecule has 0 saturated heterocycles. The molecule has 0 N–H and O–H groups in total. The number of carbonyl (C=O) groups is 1. The third-order valence-electron chi connectivity index (χ3n) is 4.04. The van der Waals surface area contributed by atoms with Crippen molar-refractivity contribution >= 4 is 16.0 Å². The number of esters is 1. The molecule has 0 spiro atoms. The van der Waals surface area contributed by atoms with Gasteiger partial charge in [-0.25, -0.2) is 17.6 Å². The Balaban J connectivity index is 2.21. The molecule has 2 aromatic carbocycles. The lowest BCUT2D eigenvalue weighted by Crippen LogP contribution is -2.30. The first-order valence-electron chi connectivity index (χ1n) is 8.36. The molecule has 0 aromatic heterocycles. The van der Waals surface area contributed by atoms with Crippen LogP contribution in [0.15, 0.2) is 53.4 Å². The van der Waals surface area contributed by atoms with Crippen LogP contribution in [0.2, 0.25) is 0 Å². The predicted molar refractivity (Wildman–Crippen MR) is 96.8 cm³/mol. The average molecular weight is 379 g/mol. The molecule has 1 atom stereocenters. The van der Waals surface area contributed by atoms with Gasteiger partial charge in [0, 0.05) is 13.1 Å². The molecule has 0 bridgehead atoms. The lowest BCUT2D eigenvalue weighted by atomic mass is 10.1. The fourth-order valence-electron chi connectivity index (χ4n) is 2.53. The van der Waals surface area contributed by atoms with Gasteiger partial charge in [0.25, 0.3) is 0 Å². The van der Waals surface area contributed by atoms with Crippen LogP contribution in [0.3, 0.4) is 0 Å². The number of hydrogen-bond donors (Lipinski definition) is 0. The topological polar surface area (TPSA) is 63.7 Å². The van der Waals surface area contributed by atoms with Crippen LogP contribution in [-0.4, -0.2) is 31.8 Å². The summed E-state index contributed by atoms with van der Waals surface area (Å²) in [6, 6.07) is 11.4. The summed E-state index contributed by atoms with van der Waals surface area (Å²) in [5, 5.41) is 0. The highest BCUT2D eigenvalue weighted by atomic mass is 32.2. The monoisotopic (exact) mass is 379 g/mol. The standard InChI is InChI=1S/C19H22FNO4S/c1-4-21(5-2)26(23,24)18-8-6-7-16(13-18)19(22)25-14(3)15-9-11-17(20)12-10-15/h6-14H,4-5H2,1-3H3/t14-/m0/s1. The highest BCUT2D eigenvalue weighted by molar-refractivity contribution is 7.89. The van der Waals surface area contributed by atoms with Gasteiger partial charge in [0.2, 0.25) is 10.0 Å². The van der Waals surface area contributed by atoms with Crippen LogP contribution in [0.4, 0.5) is 4.39 Å². The Morgan fingerprint density at radius 2 is 1.73 bits per heavy atom. The van der Waals surface area contributed by atoms with E-state index in [4.69, 9.17) is 4.74 Å². The van der Waals surface area contributed by atoms with Gasteiger partial charge in [-0.15, -0.1) is 0 Å². The number of halogens is 1. The summed E-state index contributed by atoms with van der Waals surface area (Å²) in [7, 11) is -3.66. The summed E-state index contributed by atoms with van der Waals surface area (Å²) in [6.45, 7) is 5.86. The van der Waals surface area contributed by atoms with Crippen LogP contribution in [0.1, 0.15) is 42.8 Å². The van der Waals surface area contributed by atoms with Crippen molar-refractivity contribution in [2.45, 2.75) is 31.8 Å². The first-order chi connectivity index (χ1) is 12.3. The van der Waals surface area contributed by atoms with Gasteiger partial charge >= 0.3 is 5.97 Å². The Morgan fingerprint density at radius 1 is 1.12 bits per heavy atom. The first-order valence-corrected chi connectivity index (χ1v) is 9.80. The zero-order valence-corrected chi connectivity index (χ0v) is 15.8. The van der Waals surface area contributed by atoms with Gasteiger partial charge in [0.15, 0.2) is 0 Å². The number of nitrogens with zero attached hydrogens (tertiary/aromatic N) is 1. The van der Waals surface area contributed by atoms with E-state index in [-0.39, 0.29) is 16.3 Å². The van der Waals surface area contributed by atoms with Crippen molar-refractivity contribution in [1.82, 2.24) is 4.31 Å². The minimum atomic E-state index is -3.66. The third kappa shape index (κ3) is 4.47. The van der Waals surface area contributed by atoms with Crippen molar-refractivity contribution in [3.8, 4) is 0 Å². The van der Waals surface area contributed by atoms with Gasteiger partial charge in [0.1, 0.15) is 11.9 Å². The summed E-state index contributed by atoms with van der Waals surface area (Å²) in [6.07, 6.45) is -0.592. The minimum absolute atomic E-state index is 0.0464. The van der Waals surface area contributed by atoms with Crippen LogP contribution < -0.4 is 0 Å². The quantitative estimate of drug-likeness (QED) is 0.687. The maximum atomic E-state index is 13.0. The van der Waals surface area contributed by atoms with E-state index in [0.29, 0.717) is 18.7 Å². The van der Waals surface area contributed by atoms with Gasteiger partial charge in [-0.3, -0.25) is 0 Å². The Labute approximate surface area is 153 Å². The van der Waals surface area contributed by atoms with Crippen molar-refractivity contribution in [3.05, 3.63) is 65.5 Å². The second kappa shape index (κ2) is 8.42. The van der Waals surface area contributed by atoms with Crippen LogP contribution in [0.5, 0.6) is 0 Å². The van der Waals surface area contributed by atoms with E-state index in [9.17, 15) is 17.6 Å². The normalized spacial score (nSPS) is 12.8. The molecular formula is C19H22FNO4S. The number of benzene rings is 2. The molecule has 0 heterocycles. The van der Waals surface area contributed by atoms with Gasteiger partial charge in [-0.2, -0.15) is 4.31 Å². The van der Waals surface area contributed by atoms with E-state index in [2.05, 4.69) is 0 Å². The van der Waals surface area contributed by atoms with E-state index in [1.807, 2.05) is 0 Å². The number of ether oxygens (including phenoxy) is 1. The van der Waals surface area contributed by atoms with Crippen LogP contribution in [-0.2, 0) is 14.8 Å². The number of hydrogen-bond acceptors (Lipinski definition) is 4. The lowest BCUT2D eigenvalue weighted by molar-refractivity contribution is 0.0337. The Bertz CT molecular complexity index is 861. The fourth-order valence-corrected chi connectivity index (χ4v) is 4.03. The molecule has 2 rings (SSSR count). The second-order valence-electron chi connectivity index (χ2n) is 5.72. The fraction of sp³-hybridized carbons (Fsp3) is 0.316. The highest BCUT2D eigenvalue weighted by Crippen LogP contribution is 2.21. The molecule has 0 aliphatic heterocycles. The third-order valence-corrected chi connectivity index (χ3v) is 6.08. The predicted octanol–water partition coefficient (Wildman–Crippen LogP) is 3.77. The molecule has 26 heavy (non-hydrogen) atoms. The minimum Gasteiger partial charge on any atom is -0.454 e. The molecule has 0 fully saturated rings. The Kier molecular flexibility index (Phi) is 6.50. The van der Waals surface area contributed by atoms with E-state index >= 15 is 0 Å². The van der Waals surface area contributed by atoms with Crippen molar-refractivity contribution in [1.29, 1.82) is 0 Å². The number of sulfonamides is 1. The molecular weight excluding hydrogens is 357 g/mol. The van der Waals surface area contributed by atoms with Gasteiger partial charge in [0.05, 0.1) is 10.5 Å². The summed E-state index contributed by atoms with van der Waals surface area (Å²) < 4.78 is 44.8. The van der Waals surface area contributed by atoms with E-state index < -0.39 is 22.1 Å². The SMILES string of the molecule is CCN(CC)S(=O)(=O)c1cccc(C(=O)O[C@@H](C)c2ccc(F)cc2)c1. The molecule has 2 aromatic rings. The summed E-state index contributed by atoms with van der Waals surface area (Å²) in [5.74, 6) is -1.01. The molecule has 5 nitrogen and oxygen atoms in total. The molecule has 0 radical (unpaired) electrons. The van der Waals surface area contributed by atoms with Gasteiger partial charge in [-0.05, 0) is 42.8 Å². The highest BCUT2D eigenvalue weighted by Gasteiger charge is 2.23. The molecule has 0 saturated carbocycles. The Hall–Kier alpha value is -2.25. The molecule has 0 amide bonds. The summed E-state index contributed by atoms with van der Waals surface area (Å²) in [4.78, 5) is 12.4. The van der Waals surface area contributed by atoms with Gasteiger partial charge < -0.3 is 4.74 Å². The molecule has 0 aliphatic rings. The molecule has 0 unspecified atom stereocenters. The number of carbonyl (C=O) groups excluding carboxylic acids is 1. The van der Waals surface area contributed by atoms with E-state index in [1.165, 1.54) is 52.8 Å². The largest absolute Gasteiger partial charge is 0.454 e. The number of rotatable bonds is 7. The van der Waals surface area contributed by atoms with Gasteiger partial charge in [-0.1, -0.05) is 32.0 Å².